The van der Waals surface area contributed by atoms with E-state index in [1.807, 2.05) is 6.07 Å². The lowest BCUT2D eigenvalue weighted by molar-refractivity contribution is 0.252. The third-order valence-electron chi connectivity index (χ3n) is 3.59. The molecule has 0 aliphatic carbocycles. The summed E-state index contributed by atoms with van der Waals surface area (Å²) in [5.74, 6) is 0.664. The Kier molecular flexibility index (Phi) is 4.58. The van der Waals surface area contributed by atoms with Crippen LogP contribution in [-0.2, 0) is 6.54 Å². The Balaban J connectivity index is 2.44. The van der Waals surface area contributed by atoms with Gasteiger partial charge in [0.15, 0.2) is 0 Å². The SMILES string of the molecule is Cc1cc(CNCC(C)C(C)(C)C)ccc1N. The average molecular weight is 234 g/mol. The minimum absolute atomic E-state index is 0.365. The monoisotopic (exact) mass is 234 g/mol. The lowest BCUT2D eigenvalue weighted by Crippen LogP contribution is -2.29. The zero-order valence-corrected chi connectivity index (χ0v) is 11.8. The number of aryl methyl sites for hydroxylation is 1. The van der Waals surface area contributed by atoms with Crippen molar-refractivity contribution in [2.45, 2.75) is 41.2 Å². The van der Waals surface area contributed by atoms with Crippen LogP contribution in [-0.4, -0.2) is 6.54 Å². The number of nitrogens with one attached hydrogen (secondary N) is 1. The molecule has 0 fully saturated rings. The van der Waals surface area contributed by atoms with Gasteiger partial charge in [-0.25, -0.2) is 0 Å². The molecule has 1 unspecified atom stereocenters. The van der Waals surface area contributed by atoms with Crippen molar-refractivity contribution in [3.05, 3.63) is 29.3 Å². The minimum atomic E-state index is 0.365. The van der Waals surface area contributed by atoms with E-state index in [1.165, 1.54) is 5.56 Å². The number of nitrogen functional groups attached to an aromatic ring is 1. The van der Waals surface area contributed by atoms with Gasteiger partial charge in [0.2, 0.25) is 0 Å². The molecule has 96 valence electrons. The van der Waals surface area contributed by atoms with E-state index in [1.54, 1.807) is 0 Å². The average Bonchev–Trinajstić information content (AvgIpc) is 2.22. The van der Waals surface area contributed by atoms with Crippen LogP contribution in [0.4, 0.5) is 5.69 Å². The zero-order valence-electron chi connectivity index (χ0n) is 11.8. The molecule has 0 aliphatic rings. The number of hydrogen-bond donors (Lipinski definition) is 2. The van der Waals surface area contributed by atoms with Gasteiger partial charge in [-0.3, -0.25) is 0 Å². The van der Waals surface area contributed by atoms with Crippen LogP contribution < -0.4 is 11.1 Å². The third kappa shape index (κ3) is 4.39. The Morgan fingerprint density at radius 2 is 1.94 bits per heavy atom. The van der Waals surface area contributed by atoms with E-state index < -0.39 is 0 Å². The van der Waals surface area contributed by atoms with Gasteiger partial charge in [0.25, 0.3) is 0 Å². The fraction of sp³-hybridized carbons (Fsp3) is 0.600. The Morgan fingerprint density at radius 3 is 2.47 bits per heavy atom. The van der Waals surface area contributed by atoms with Crippen molar-refractivity contribution in [2.75, 3.05) is 12.3 Å². The standard InChI is InChI=1S/C15H26N2/c1-11-8-13(6-7-14(11)16)10-17-9-12(2)15(3,4)5/h6-8,12,17H,9-10,16H2,1-5H3. The highest BCUT2D eigenvalue weighted by molar-refractivity contribution is 5.47. The highest BCUT2D eigenvalue weighted by Gasteiger charge is 2.18. The van der Waals surface area contributed by atoms with Crippen molar-refractivity contribution in [3.8, 4) is 0 Å². The van der Waals surface area contributed by atoms with Crippen LogP contribution in [0.5, 0.6) is 0 Å². The number of anilines is 1. The van der Waals surface area contributed by atoms with Gasteiger partial charge in [-0.1, -0.05) is 39.8 Å². The van der Waals surface area contributed by atoms with Crippen molar-refractivity contribution in [1.29, 1.82) is 0 Å². The topological polar surface area (TPSA) is 38.0 Å². The number of rotatable bonds is 4. The molecular weight excluding hydrogens is 208 g/mol. The molecule has 0 aliphatic heterocycles. The van der Waals surface area contributed by atoms with Crippen LogP contribution in [0.1, 0.15) is 38.8 Å². The summed E-state index contributed by atoms with van der Waals surface area (Å²) in [7, 11) is 0. The molecule has 0 bridgehead atoms. The highest BCUT2D eigenvalue weighted by Crippen LogP contribution is 2.24. The lowest BCUT2D eigenvalue weighted by Gasteiger charge is -2.27. The van der Waals surface area contributed by atoms with Crippen molar-refractivity contribution >= 4 is 5.69 Å². The first-order valence-corrected chi connectivity index (χ1v) is 6.36. The molecule has 0 heterocycles. The van der Waals surface area contributed by atoms with E-state index >= 15 is 0 Å². The summed E-state index contributed by atoms with van der Waals surface area (Å²) in [6.45, 7) is 13.2. The Bertz CT molecular complexity index is 364. The van der Waals surface area contributed by atoms with Crippen LogP contribution in [0.15, 0.2) is 18.2 Å². The van der Waals surface area contributed by atoms with Crippen LogP contribution in [0.25, 0.3) is 0 Å². The summed E-state index contributed by atoms with van der Waals surface area (Å²) in [4.78, 5) is 0. The van der Waals surface area contributed by atoms with E-state index in [2.05, 4.69) is 52.1 Å². The first-order valence-electron chi connectivity index (χ1n) is 6.36. The fourth-order valence-electron chi connectivity index (χ4n) is 1.59. The summed E-state index contributed by atoms with van der Waals surface area (Å²) in [6.07, 6.45) is 0. The van der Waals surface area contributed by atoms with E-state index in [9.17, 15) is 0 Å². The highest BCUT2D eigenvalue weighted by atomic mass is 14.9. The molecule has 0 saturated carbocycles. The van der Waals surface area contributed by atoms with Crippen LogP contribution in [0, 0.1) is 18.3 Å². The number of benzene rings is 1. The molecule has 0 radical (unpaired) electrons. The molecule has 2 heteroatoms. The first-order chi connectivity index (χ1) is 7.80. The van der Waals surface area contributed by atoms with E-state index in [-0.39, 0.29) is 0 Å². The van der Waals surface area contributed by atoms with Crippen molar-refractivity contribution in [3.63, 3.8) is 0 Å². The van der Waals surface area contributed by atoms with E-state index in [0.29, 0.717) is 11.3 Å². The molecule has 0 spiro atoms. The van der Waals surface area contributed by atoms with Gasteiger partial charge >= 0.3 is 0 Å². The van der Waals surface area contributed by atoms with Crippen LogP contribution in [0.2, 0.25) is 0 Å². The summed E-state index contributed by atoms with van der Waals surface area (Å²) < 4.78 is 0. The van der Waals surface area contributed by atoms with E-state index in [4.69, 9.17) is 5.73 Å². The first kappa shape index (κ1) is 14.0. The summed E-state index contributed by atoms with van der Waals surface area (Å²) in [5.41, 5.74) is 9.50. The fourth-order valence-corrected chi connectivity index (χ4v) is 1.59. The maximum Gasteiger partial charge on any atom is 0.0343 e. The maximum absolute atomic E-state index is 5.80. The van der Waals surface area contributed by atoms with Gasteiger partial charge < -0.3 is 11.1 Å². The van der Waals surface area contributed by atoms with Gasteiger partial charge in [0.1, 0.15) is 0 Å². The van der Waals surface area contributed by atoms with Gasteiger partial charge in [0, 0.05) is 12.2 Å². The second-order valence-electron chi connectivity index (χ2n) is 6.09. The van der Waals surface area contributed by atoms with Gasteiger partial charge in [-0.05, 0) is 42.0 Å². The molecule has 2 nitrogen and oxygen atoms in total. The largest absolute Gasteiger partial charge is 0.399 e. The molecule has 1 aromatic carbocycles. The van der Waals surface area contributed by atoms with Crippen LogP contribution in [0.3, 0.4) is 0 Å². The molecule has 17 heavy (non-hydrogen) atoms. The van der Waals surface area contributed by atoms with Crippen molar-refractivity contribution in [1.82, 2.24) is 5.32 Å². The second-order valence-corrected chi connectivity index (χ2v) is 6.09. The molecule has 0 aromatic heterocycles. The normalized spacial score (nSPS) is 13.7. The zero-order chi connectivity index (χ0) is 13.1. The smallest absolute Gasteiger partial charge is 0.0343 e. The molecule has 1 rings (SSSR count). The third-order valence-corrected chi connectivity index (χ3v) is 3.59. The number of hydrogen-bond acceptors (Lipinski definition) is 2. The van der Waals surface area contributed by atoms with Crippen molar-refractivity contribution in [2.24, 2.45) is 11.3 Å². The Morgan fingerprint density at radius 1 is 1.29 bits per heavy atom. The molecule has 0 amide bonds. The van der Waals surface area contributed by atoms with E-state index in [0.717, 1.165) is 24.3 Å². The van der Waals surface area contributed by atoms with Crippen LogP contribution >= 0.6 is 0 Å². The second kappa shape index (κ2) is 5.54. The van der Waals surface area contributed by atoms with Crippen molar-refractivity contribution < 1.29 is 0 Å². The number of nitrogens with two attached hydrogens (primary N) is 1. The summed E-state index contributed by atoms with van der Waals surface area (Å²) >= 11 is 0. The summed E-state index contributed by atoms with van der Waals surface area (Å²) in [5, 5.41) is 3.51. The molecule has 1 atom stereocenters. The maximum atomic E-state index is 5.80. The molecule has 3 N–H and O–H groups in total. The Hall–Kier alpha value is -1.02. The molecule has 1 aromatic rings. The Labute approximate surface area is 106 Å². The predicted octanol–water partition coefficient (Wildman–Crippen LogP) is 3.35. The quantitative estimate of drug-likeness (QED) is 0.784. The lowest BCUT2D eigenvalue weighted by atomic mass is 9.82. The molecule has 0 saturated heterocycles. The van der Waals surface area contributed by atoms with Gasteiger partial charge in [0.05, 0.1) is 0 Å². The predicted molar refractivity (Wildman–Crippen MR) is 75.9 cm³/mol. The van der Waals surface area contributed by atoms with Gasteiger partial charge in [-0.15, -0.1) is 0 Å². The summed E-state index contributed by atoms with van der Waals surface area (Å²) in [6, 6.07) is 6.24. The molecular formula is C15H26N2. The van der Waals surface area contributed by atoms with Gasteiger partial charge in [-0.2, -0.15) is 0 Å². The minimum Gasteiger partial charge on any atom is -0.399 e.